The minimum absolute atomic E-state index is 0.0406. The Morgan fingerprint density at radius 2 is 1.69 bits per heavy atom. The smallest absolute Gasteiger partial charge is 0.332 e. The molecule has 186 valence electrons. The van der Waals surface area contributed by atoms with Crippen LogP contribution in [-0.2, 0) is 30.7 Å². The SMILES string of the molecule is Cn1c(=O)c2c(SCC(=O)N3CCC(Cc4ccccc4)CC3)nc(C(C)(C)C)nc2n(C)c1=O. The summed E-state index contributed by atoms with van der Waals surface area (Å²) in [5, 5.41) is 0.727. The number of fused-ring (bicyclic) bond motifs is 1. The third kappa shape index (κ3) is 5.34. The fraction of sp³-hybridized carbons (Fsp3) is 0.500. The highest BCUT2D eigenvalue weighted by molar-refractivity contribution is 8.00. The predicted molar refractivity (Wildman–Crippen MR) is 139 cm³/mol. The van der Waals surface area contributed by atoms with Crippen molar-refractivity contribution in [1.29, 1.82) is 0 Å². The normalized spacial score (nSPS) is 15.1. The van der Waals surface area contributed by atoms with E-state index in [0.717, 1.165) is 36.9 Å². The molecule has 9 heteroatoms. The van der Waals surface area contributed by atoms with Gasteiger partial charge in [0.25, 0.3) is 5.56 Å². The lowest BCUT2D eigenvalue weighted by Gasteiger charge is -2.32. The number of likely N-dealkylation sites (tertiary alicyclic amines) is 1. The second kappa shape index (κ2) is 9.97. The summed E-state index contributed by atoms with van der Waals surface area (Å²) < 4.78 is 2.43. The lowest BCUT2D eigenvalue weighted by molar-refractivity contribution is -0.129. The molecule has 1 aromatic carbocycles. The summed E-state index contributed by atoms with van der Waals surface area (Å²) in [6.45, 7) is 7.42. The van der Waals surface area contributed by atoms with E-state index in [-0.39, 0.29) is 22.5 Å². The van der Waals surface area contributed by atoms with Crippen molar-refractivity contribution < 1.29 is 4.79 Å². The molecule has 0 spiro atoms. The molecule has 3 aromatic rings. The van der Waals surface area contributed by atoms with Crippen LogP contribution in [0.5, 0.6) is 0 Å². The Morgan fingerprint density at radius 1 is 1.03 bits per heavy atom. The fourth-order valence-corrected chi connectivity index (χ4v) is 5.34. The van der Waals surface area contributed by atoms with Gasteiger partial charge in [0, 0.05) is 32.6 Å². The first-order chi connectivity index (χ1) is 16.6. The van der Waals surface area contributed by atoms with Gasteiger partial charge >= 0.3 is 5.69 Å². The lowest BCUT2D eigenvalue weighted by Crippen LogP contribution is -2.40. The van der Waals surface area contributed by atoms with Gasteiger partial charge < -0.3 is 4.90 Å². The number of thioether (sulfide) groups is 1. The molecular formula is C26H33N5O3S. The van der Waals surface area contributed by atoms with E-state index < -0.39 is 11.2 Å². The Bertz CT molecular complexity index is 1350. The summed E-state index contributed by atoms with van der Waals surface area (Å²) in [6, 6.07) is 10.5. The molecule has 1 aliphatic rings. The molecule has 1 amide bonds. The van der Waals surface area contributed by atoms with Crippen LogP contribution >= 0.6 is 11.8 Å². The number of rotatable bonds is 5. The van der Waals surface area contributed by atoms with Crippen LogP contribution < -0.4 is 11.2 Å². The van der Waals surface area contributed by atoms with Crippen LogP contribution in [0.15, 0.2) is 44.9 Å². The number of aryl methyl sites for hydroxylation is 1. The molecule has 3 heterocycles. The van der Waals surface area contributed by atoms with Crippen molar-refractivity contribution in [1.82, 2.24) is 24.0 Å². The van der Waals surface area contributed by atoms with Crippen LogP contribution in [-0.4, -0.2) is 48.8 Å². The number of nitrogens with zero attached hydrogens (tertiary/aromatic N) is 5. The van der Waals surface area contributed by atoms with Gasteiger partial charge in [-0.3, -0.25) is 18.7 Å². The zero-order chi connectivity index (χ0) is 25.3. The standard InChI is InChI=1S/C26H33N5O3S/c1-26(2,3)24-27-21-20(23(33)30(5)25(34)29(21)4)22(28-24)35-16-19(32)31-13-11-18(12-14-31)15-17-9-7-6-8-10-17/h6-10,18H,11-16H2,1-5H3. The predicted octanol–water partition coefficient (Wildman–Crippen LogP) is 2.90. The molecule has 0 atom stereocenters. The maximum Gasteiger partial charge on any atom is 0.332 e. The molecule has 8 nitrogen and oxygen atoms in total. The first-order valence-corrected chi connectivity index (χ1v) is 13.0. The average Bonchev–Trinajstić information content (AvgIpc) is 2.84. The Labute approximate surface area is 209 Å². The Balaban J connectivity index is 1.51. The highest BCUT2D eigenvalue weighted by atomic mass is 32.2. The van der Waals surface area contributed by atoms with Crippen molar-refractivity contribution in [3.63, 3.8) is 0 Å². The van der Waals surface area contributed by atoms with Crippen molar-refractivity contribution >= 4 is 28.7 Å². The molecule has 35 heavy (non-hydrogen) atoms. The minimum Gasteiger partial charge on any atom is -0.342 e. The van der Waals surface area contributed by atoms with Gasteiger partial charge in [-0.05, 0) is 30.7 Å². The maximum atomic E-state index is 13.1. The third-order valence-electron chi connectivity index (χ3n) is 6.60. The summed E-state index contributed by atoms with van der Waals surface area (Å²) in [4.78, 5) is 49.7. The third-order valence-corrected chi connectivity index (χ3v) is 7.56. The summed E-state index contributed by atoms with van der Waals surface area (Å²) >= 11 is 1.25. The quantitative estimate of drug-likeness (QED) is 0.399. The molecule has 0 aliphatic carbocycles. The van der Waals surface area contributed by atoms with Gasteiger partial charge in [-0.25, -0.2) is 14.8 Å². The van der Waals surface area contributed by atoms with Crippen LogP contribution in [0.2, 0.25) is 0 Å². The van der Waals surface area contributed by atoms with E-state index in [1.807, 2.05) is 31.7 Å². The van der Waals surface area contributed by atoms with Crippen LogP contribution in [0.25, 0.3) is 11.0 Å². The summed E-state index contributed by atoms with van der Waals surface area (Å²) in [7, 11) is 3.05. The van der Waals surface area contributed by atoms with Crippen LogP contribution in [0.4, 0.5) is 0 Å². The maximum absolute atomic E-state index is 13.1. The van der Waals surface area contributed by atoms with E-state index in [9.17, 15) is 14.4 Å². The lowest BCUT2D eigenvalue weighted by atomic mass is 9.90. The Hall–Kier alpha value is -2.94. The first-order valence-electron chi connectivity index (χ1n) is 12.0. The van der Waals surface area contributed by atoms with Crippen molar-refractivity contribution in [2.75, 3.05) is 18.8 Å². The van der Waals surface area contributed by atoms with Gasteiger partial charge in [0.05, 0.1) is 5.75 Å². The largest absolute Gasteiger partial charge is 0.342 e. The van der Waals surface area contributed by atoms with Gasteiger partial charge in [0.15, 0.2) is 5.65 Å². The molecule has 0 N–H and O–H groups in total. The molecule has 0 unspecified atom stereocenters. The van der Waals surface area contributed by atoms with Crippen molar-refractivity contribution in [3.05, 3.63) is 62.6 Å². The zero-order valence-corrected chi connectivity index (χ0v) is 21.9. The first kappa shape index (κ1) is 25.2. The van der Waals surface area contributed by atoms with Crippen molar-refractivity contribution in [2.45, 2.75) is 50.5 Å². The number of piperidine rings is 1. The molecule has 0 saturated carbocycles. The highest BCUT2D eigenvalue weighted by Crippen LogP contribution is 2.28. The van der Waals surface area contributed by atoms with Gasteiger partial charge in [-0.2, -0.15) is 0 Å². The van der Waals surface area contributed by atoms with E-state index in [2.05, 4.69) is 34.2 Å². The van der Waals surface area contributed by atoms with Crippen molar-refractivity contribution in [3.8, 4) is 0 Å². The van der Waals surface area contributed by atoms with Gasteiger partial charge in [-0.1, -0.05) is 62.9 Å². The molecule has 0 bridgehead atoms. The average molecular weight is 496 g/mol. The number of aromatic nitrogens is 4. The second-order valence-corrected chi connectivity index (χ2v) is 11.3. The summed E-state index contributed by atoms with van der Waals surface area (Å²) in [6.07, 6.45) is 3.01. The Morgan fingerprint density at radius 3 is 2.31 bits per heavy atom. The highest BCUT2D eigenvalue weighted by Gasteiger charge is 2.26. The van der Waals surface area contributed by atoms with E-state index in [1.54, 1.807) is 7.05 Å². The molecule has 1 fully saturated rings. The van der Waals surface area contributed by atoms with E-state index >= 15 is 0 Å². The van der Waals surface area contributed by atoms with Crippen molar-refractivity contribution in [2.24, 2.45) is 20.0 Å². The van der Waals surface area contributed by atoms with E-state index in [4.69, 9.17) is 0 Å². The van der Waals surface area contributed by atoms with E-state index in [1.165, 1.54) is 28.9 Å². The number of hydrogen-bond acceptors (Lipinski definition) is 6. The minimum atomic E-state index is -0.444. The number of carbonyl (C=O) groups excluding carboxylic acids is 1. The number of hydrogen-bond donors (Lipinski definition) is 0. The van der Waals surface area contributed by atoms with E-state index in [0.29, 0.717) is 22.4 Å². The van der Waals surface area contributed by atoms with Crippen LogP contribution in [0.3, 0.4) is 0 Å². The Kier molecular flexibility index (Phi) is 7.17. The topological polar surface area (TPSA) is 90.1 Å². The van der Waals surface area contributed by atoms with Crippen LogP contribution in [0, 0.1) is 5.92 Å². The monoisotopic (exact) mass is 495 g/mol. The van der Waals surface area contributed by atoms with Crippen LogP contribution in [0.1, 0.15) is 45.0 Å². The number of benzene rings is 1. The molecular weight excluding hydrogens is 462 g/mol. The fourth-order valence-electron chi connectivity index (χ4n) is 4.42. The number of carbonyl (C=O) groups is 1. The van der Waals surface area contributed by atoms with Gasteiger partial charge in [0.2, 0.25) is 5.91 Å². The molecule has 0 radical (unpaired) electrons. The molecule has 1 aliphatic heterocycles. The van der Waals surface area contributed by atoms with Gasteiger partial charge in [-0.15, -0.1) is 0 Å². The number of amides is 1. The summed E-state index contributed by atoms with van der Waals surface area (Å²) in [5.41, 5.74) is 0.376. The zero-order valence-electron chi connectivity index (χ0n) is 21.1. The molecule has 2 aromatic heterocycles. The molecule has 1 saturated heterocycles. The summed E-state index contributed by atoms with van der Waals surface area (Å²) in [5.74, 6) is 1.34. The second-order valence-electron chi connectivity index (χ2n) is 10.3. The van der Waals surface area contributed by atoms with Gasteiger partial charge in [0.1, 0.15) is 16.2 Å². The molecule has 4 rings (SSSR count).